The van der Waals surface area contributed by atoms with E-state index in [1.54, 1.807) is 7.11 Å². The summed E-state index contributed by atoms with van der Waals surface area (Å²) in [6.45, 7) is 0. The van der Waals surface area contributed by atoms with E-state index < -0.39 is 12.0 Å². The van der Waals surface area contributed by atoms with Gasteiger partial charge in [0.1, 0.15) is 6.04 Å². The lowest BCUT2D eigenvalue weighted by Crippen LogP contribution is -2.34. The van der Waals surface area contributed by atoms with E-state index in [0.717, 1.165) is 25.7 Å². The Kier molecular flexibility index (Phi) is 4.35. The van der Waals surface area contributed by atoms with Gasteiger partial charge < -0.3 is 15.6 Å². The first kappa shape index (κ1) is 11.5. The third kappa shape index (κ3) is 3.27. The number of hydrogen-bond donors (Lipinski definition) is 2. The van der Waals surface area contributed by atoms with Crippen LogP contribution in [0.5, 0.6) is 0 Å². The summed E-state index contributed by atoms with van der Waals surface area (Å²) in [5.74, 6) is -0.482. The predicted octanol–water partition coefficient (Wildman–Crippen LogP) is 0.994. The van der Waals surface area contributed by atoms with E-state index >= 15 is 0 Å². The molecule has 1 rings (SSSR count). The lowest BCUT2D eigenvalue weighted by molar-refractivity contribution is -0.139. The second-order valence-corrected chi connectivity index (χ2v) is 4.07. The minimum atomic E-state index is -0.899. The van der Waals surface area contributed by atoms with Crippen molar-refractivity contribution in [3.63, 3.8) is 0 Å². The van der Waals surface area contributed by atoms with Crippen LogP contribution in [0.25, 0.3) is 0 Å². The molecule has 1 aliphatic rings. The van der Waals surface area contributed by atoms with Crippen molar-refractivity contribution in [3.8, 4) is 0 Å². The molecule has 1 fully saturated rings. The molecule has 0 heterocycles. The molecule has 0 radical (unpaired) electrons. The van der Waals surface area contributed by atoms with Crippen molar-refractivity contribution in [1.29, 1.82) is 0 Å². The van der Waals surface area contributed by atoms with Crippen molar-refractivity contribution in [2.45, 2.75) is 44.2 Å². The highest BCUT2D eigenvalue weighted by molar-refractivity contribution is 5.73. The number of nitrogens with two attached hydrogens (primary N) is 1. The van der Waals surface area contributed by atoms with Crippen LogP contribution in [0.2, 0.25) is 0 Å². The summed E-state index contributed by atoms with van der Waals surface area (Å²) < 4.78 is 5.28. The number of carboxylic acids is 1. The van der Waals surface area contributed by atoms with Gasteiger partial charge in [0.15, 0.2) is 0 Å². The standard InChI is InChI=1S/C10H19NO3/c1-14-8-4-2-3-7(5-8)6-9(11)10(12)13/h7-9H,2-6,11H2,1H3,(H,12,13). The Bertz CT molecular complexity index is 196. The Morgan fingerprint density at radius 3 is 2.93 bits per heavy atom. The number of carbonyl (C=O) groups is 1. The van der Waals surface area contributed by atoms with Crippen LogP contribution >= 0.6 is 0 Å². The average Bonchev–Trinajstić information content (AvgIpc) is 2.18. The van der Waals surface area contributed by atoms with E-state index in [2.05, 4.69) is 0 Å². The summed E-state index contributed by atoms with van der Waals surface area (Å²) in [7, 11) is 1.71. The van der Waals surface area contributed by atoms with Gasteiger partial charge in [-0.05, 0) is 25.2 Å². The van der Waals surface area contributed by atoms with Gasteiger partial charge in [-0.1, -0.05) is 12.8 Å². The summed E-state index contributed by atoms with van der Waals surface area (Å²) in [6.07, 6.45) is 5.13. The number of methoxy groups -OCH3 is 1. The molecule has 0 spiro atoms. The SMILES string of the molecule is COC1CCCC(CC(N)C(=O)O)C1. The summed E-state index contributed by atoms with van der Waals surface area (Å²) >= 11 is 0. The quantitative estimate of drug-likeness (QED) is 0.711. The van der Waals surface area contributed by atoms with Crippen molar-refractivity contribution in [1.82, 2.24) is 0 Å². The fourth-order valence-corrected chi connectivity index (χ4v) is 2.13. The zero-order valence-corrected chi connectivity index (χ0v) is 8.61. The molecule has 0 aromatic heterocycles. The van der Waals surface area contributed by atoms with Crippen molar-refractivity contribution in [3.05, 3.63) is 0 Å². The van der Waals surface area contributed by atoms with Gasteiger partial charge in [0.25, 0.3) is 0 Å². The molecule has 1 aliphatic carbocycles. The highest BCUT2D eigenvalue weighted by Gasteiger charge is 2.25. The molecule has 0 aromatic carbocycles. The topological polar surface area (TPSA) is 72.5 Å². The number of rotatable bonds is 4. The lowest BCUT2D eigenvalue weighted by Gasteiger charge is -2.28. The van der Waals surface area contributed by atoms with Crippen LogP contribution in [-0.4, -0.2) is 30.3 Å². The second kappa shape index (κ2) is 5.32. The van der Waals surface area contributed by atoms with Crippen LogP contribution in [0.4, 0.5) is 0 Å². The highest BCUT2D eigenvalue weighted by atomic mass is 16.5. The molecule has 3 N–H and O–H groups in total. The zero-order chi connectivity index (χ0) is 10.6. The van der Waals surface area contributed by atoms with E-state index in [-0.39, 0.29) is 0 Å². The minimum absolute atomic E-state index is 0.301. The van der Waals surface area contributed by atoms with Gasteiger partial charge in [0.05, 0.1) is 6.10 Å². The van der Waals surface area contributed by atoms with Gasteiger partial charge in [-0.25, -0.2) is 0 Å². The number of hydrogen-bond acceptors (Lipinski definition) is 3. The number of aliphatic carboxylic acids is 1. The molecule has 0 aliphatic heterocycles. The monoisotopic (exact) mass is 201 g/mol. The third-order valence-corrected chi connectivity index (χ3v) is 2.97. The first-order chi connectivity index (χ1) is 6.63. The van der Waals surface area contributed by atoms with E-state index in [4.69, 9.17) is 15.6 Å². The Labute approximate surface area is 84.4 Å². The maximum atomic E-state index is 10.6. The molecule has 4 nitrogen and oxygen atoms in total. The lowest BCUT2D eigenvalue weighted by atomic mass is 9.83. The molecule has 82 valence electrons. The third-order valence-electron chi connectivity index (χ3n) is 2.97. The van der Waals surface area contributed by atoms with Gasteiger partial charge in [-0.15, -0.1) is 0 Å². The Hall–Kier alpha value is -0.610. The van der Waals surface area contributed by atoms with Gasteiger partial charge in [0.2, 0.25) is 0 Å². The normalized spacial score (nSPS) is 29.9. The number of carboxylic acid groups (broad SMARTS) is 1. The summed E-state index contributed by atoms with van der Waals surface area (Å²) in [6, 6.07) is -0.712. The van der Waals surface area contributed by atoms with Crippen LogP contribution in [0.1, 0.15) is 32.1 Å². The second-order valence-electron chi connectivity index (χ2n) is 4.07. The van der Waals surface area contributed by atoms with Crippen LogP contribution in [0.3, 0.4) is 0 Å². The largest absolute Gasteiger partial charge is 0.480 e. The maximum Gasteiger partial charge on any atom is 0.320 e. The van der Waals surface area contributed by atoms with Gasteiger partial charge in [-0.2, -0.15) is 0 Å². The first-order valence-corrected chi connectivity index (χ1v) is 5.14. The van der Waals surface area contributed by atoms with Crippen LogP contribution in [0, 0.1) is 5.92 Å². The van der Waals surface area contributed by atoms with Crippen LogP contribution in [0.15, 0.2) is 0 Å². The van der Waals surface area contributed by atoms with Crippen molar-refractivity contribution < 1.29 is 14.6 Å². The fourth-order valence-electron chi connectivity index (χ4n) is 2.13. The van der Waals surface area contributed by atoms with Crippen molar-refractivity contribution in [2.75, 3.05) is 7.11 Å². The molecule has 0 amide bonds. The predicted molar refractivity (Wildman–Crippen MR) is 53.0 cm³/mol. The minimum Gasteiger partial charge on any atom is -0.480 e. The Balaban J connectivity index is 2.33. The highest BCUT2D eigenvalue weighted by Crippen LogP contribution is 2.28. The molecule has 14 heavy (non-hydrogen) atoms. The van der Waals surface area contributed by atoms with Gasteiger partial charge in [0, 0.05) is 7.11 Å². The van der Waals surface area contributed by atoms with E-state index in [1.807, 2.05) is 0 Å². The summed E-state index contributed by atoms with van der Waals surface area (Å²) in [4.78, 5) is 10.6. The maximum absolute atomic E-state index is 10.6. The Morgan fingerprint density at radius 1 is 1.64 bits per heavy atom. The van der Waals surface area contributed by atoms with Gasteiger partial charge >= 0.3 is 5.97 Å². The molecule has 0 bridgehead atoms. The zero-order valence-electron chi connectivity index (χ0n) is 8.61. The van der Waals surface area contributed by atoms with Crippen molar-refractivity contribution >= 4 is 5.97 Å². The molecule has 3 unspecified atom stereocenters. The molecule has 1 saturated carbocycles. The first-order valence-electron chi connectivity index (χ1n) is 5.14. The molecular weight excluding hydrogens is 182 g/mol. The molecule has 4 heteroatoms. The molecule has 0 saturated heterocycles. The smallest absolute Gasteiger partial charge is 0.320 e. The van der Waals surface area contributed by atoms with E-state index in [1.165, 1.54) is 0 Å². The van der Waals surface area contributed by atoms with Crippen molar-refractivity contribution in [2.24, 2.45) is 11.7 Å². The van der Waals surface area contributed by atoms with Gasteiger partial charge in [-0.3, -0.25) is 4.79 Å². The summed E-state index contributed by atoms with van der Waals surface area (Å²) in [5, 5.41) is 8.68. The summed E-state index contributed by atoms with van der Waals surface area (Å²) in [5.41, 5.74) is 5.49. The Morgan fingerprint density at radius 2 is 2.36 bits per heavy atom. The fraction of sp³-hybridized carbons (Fsp3) is 0.900. The van der Waals surface area contributed by atoms with E-state index in [0.29, 0.717) is 18.4 Å². The molecule has 0 aromatic rings. The average molecular weight is 201 g/mol. The van der Waals surface area contributed by atoms with E-state index in [9.17, 15) is 4.79 Å². The van der Waals surface area contributed by atoms with Crippen LogP contribution < -0.4 is 5.73 Å². The van der Waals surface area contributed by atoms with Crippen LogP contribution in [-0.2, 0) is 9.53 Å². The molecule has 3 atom stereocenters. The molecular formula is C10H19NO3. The number of ether oxygens (including phenoxy) is 1.